The van der Waals surface area contributed by atoms with E-state index >= 15 is 0 Å². The number of carboxylic acids is 1. The molecule has 0 aliphatic carbocycles. The first-order valence-corrected chi connectivity index (χ1v) is 8.69. The molecule has 0 aromatic rings. The third kappa shape index (κ3) is 2.99. The number of ether oxygens (including phenoxy) is 2. The molecule has 0 aromatic heterocycles. The lowest BCUT2D eigenvalue weighted by Crippen LogP contribution is -2.50. The van der Waals surface area contributed by atoms with Gasteiger partial charge in [-0.1, -0.05) is 6.92 Å². The molecule has 2 fully saturated rings. The Morgan fingerprint density at radius 3 is 2.55 bits per heavy atom. The summed E-state index contributed by atoms with van der Waals surface area (Å²) < 4.78 is 36.1. The fourth-order valence-corrected chi connectivity index (χ4v) is 5.31. The van der Waals surface area contributed by atoms with Gasteiger partial charge in [0.1, 0.15) is 0 Å². The van der Waals surface area contributed by atoms with Crippen molar-refractivity contribution < 1.29 is 27.8 Å². The van der Waals surface area contributed by atoms with Crippen molar-refractivity contribution in [1.82, 2.24) is 0 Å². The Labute approximate surface area is 119 Å². The molecule has 2 rings (SSSR count). The van der Waals surface area contributed by atoms with Crippen molar-refractivity contribution in [2.45, 2.75) is 55.1 Å². The summed E-state index contributed by atoms with van der Waals surface area (Å²) in [5.74, 6) is -1.25. The molecule has 0 saturated carbocycles. The number of sulfone groups is 1. The molecule has 0 radical (unpaired) electrons. The number of carboxylic acid groups (broad SMARTS) is 1. The van der Waals surface area contributed by atoms with Crippen LogP contribution in [-0.2, 0) is 24.1 Å². The summed E-state index contributed by atoms with van der Waals surface area (Å²) >= 11 is 0. The summed E-state index contributed by atoms with van der Waals surface area (Å²) in [4.78, 5) is 11.2. The van der Waals surface area contributed by atoms with Crippen LogP contribution in [0.1, 0.15) is 39.0 Å². The average Bonchev–Trinajstić information content (AvgIpc) is 2.39. The SMILES string of the molecule is CCC(C(=O)O)S(=O)(=O)C1CCOC2(CCOCC2)C1. The Morgan fingerprint density at radius 2 is 2.00 bits per heavy atom. The third-order valence-electron chi connectivity index (χ3n) is 4.36. The van der Waals surface area contributed by atoms with Crippen LogP contribution in [0.3, 0.4) is 0 Å². The molecular weight excluding hydrogens is 284 g/mol. The molecule has 116 valence electrons. The zero-order valence-corrected chi connectivity index (χ0v) is 12.5. The highest BCUT2D eigenvalue weighted by Gasteiger charge is 2.46. The van der Waals surface area contributed by atoms with Crippen LogP contribution < -0.4 is 0 Å². The second-order valence-corrected chi connectivity index (χ2v) is 8.00. The van der Waals surface area contributed by atoms with E-state index in [1.165, 1.54) is 0 Å². The fourth-order valence-electron chi connectivity index (χ4n) is 3.13. The summed E-state index contributed by atoms with van der Waals surface area (Å²) in [6.45, 7) is 3.12. The Kier molecular flexibility index (Phi) is 4.71. The first-order valence-electron chi connectivity index (χ1n) is 7.08. The van der Waals surface area contributed by atoms with Gasteiger partial charge in [0, 0.05) is 19.8 Å². The average molecular weight is 306 g/mol. The lowest BCUT2D eigenvalue weighted by molar-refractivity contribution is -0.137. The van der Waals surface area contributed by atoms with Gasteiger partial charge in [-0.3, -0.25) is 4.79 Å². The molecule has 2 saturated heterocycles. The molecule has 6 nitrogen and oxygen atoms in total. The van der Waals surface area contributed by atoms with Crippen molar-refractivity contribution in [3.05, 3.63) is 0 Å². The quantitative estimate of drug-likeness (QED) is 0.833. The van der Waals surface area contributed by atoms with Gasteiger partial charge >= 0.3 is 5.97 Å². The zero-order chi connectivity index (χ0) is 14.8. The third-order valence-corrected chi connectivity index (χ3v) is 7.02. The highest BCUT2D eigenvalue weighted by molar-refractivity contribution is 7.93. The first-order chi connectivity index (χ1) is 9.41. The predicted molar refractivity (Wildman–Crippen MR) is 72.4 cm³/mol. The van der Waals surface area contributed by atoms with Gasteiger partial charge < -0.3 is 14.6 Å². The molecule has 7 heteroatoms. The lowest BCUT2D eigenvalue weighted by Gasteiger charge is -2.43. The summed E-state index contributed by atoms with van der Waals surface area (Å²) in [7, 11) is -3.67. The molecule has 2 unspecified atom stereocenters. The number of rotatable bonds is 4. The molecule has 0 amide bonds. The summed E-state index contributed by atoms with van der Waals surface area (Å²) in [6, 6.07) is 0. The second-order valence-electron chi connectivity index (χ2n) is 5.58. The van der Waals surface area contributed by atoms with Gasteiger partial charge in [-0.15, -0.1) is 0 Å². The van der Waals surface area contributed by atoms with Crippen molar-refractivity contribution in [2.24, 2.45) is 0 Å². The van der Waals surface area contributed by atoms with E-state index in [1.807, 2.05) is 0 Å². The molecule has 2 aliphatic rings. The molecule has 1 N–H and O–H groups in total. The Hall–Kier alpha value is -0.660. The van der Waals surface area contributed by atoms with Crippen molar-refractivity contribution in [2.75, 3.05) is 19.8 Å². The predicted octanol–water partition coefficient (Wildman–Crippen LogP) is 0.993. The van der Waals surface area contributed by atoms with Gasteiger partial charge in [-0.2, -0.15) is 0 Å². The highest BCUT2D eigenvalue weighted by atomic mass is 32.2. The molecule has 0 bridgehead atoms. The maximum absolute atomic E-state index is 12.5. The van der Waals surface area contributed by atoms with Gasteiger partial charge in [0.2, 0.25) is 0 Å². The topological polar surface area (TPSA) is 89.9 Å². The normalized spacial score (nSPS) is 28.1. The molecule has 2 heterocycles. The largest absolute Gasteiger partial charge is 0.480 e. The van der Waals surface area contributed by atoms with Crippen molar-refractivity contribution in [3.8, 4) is 0 Å². The summed E-state index contributed by atoms with van der Waals surface area (Å²) in [6.07, 6.45) is 2.24. The van der Waals surface area contributed by atoms with E-state index in [4.69, 9.17) is 14.6 Å². The molecule has 20 heavy (non-hydrogen) atoms. The van der Waals surface area contributed by atoms with Crippen LogP contribution in [0.25, 0.3) is 0 Å². The molecule has 1 spiro atoms. The smallest absolute Gasteiger partial charge is 0.321 e. The zero-order valence-electron chi connectivity index (χ0n) is 11.7. The van der Waals surface area contributed by atoms with Crippen molar-refractivity contribution in [1.29, 1.82) is 0 Å². The molecule has 2 aliphatic heterocycles. The number of carbonyl (C=O) groups is 1. The van der Waals surface area contributed by atoms with E-state index in [0.717, 1.165) is 0 Å². The van der Waals surface area contributed by atoms with Gasteiger partial charge in [0.15, 0.2) is 15.1 Å². The maximum Gasteiger partial charge on any atom is 0.321 e. The van der Waals surface area contributed by atoms with Crippen molar-refractivity contribution in [3.63, 3.8) is 0 Å². The van der Waals surface area contributed by atoms with E-state index < -0.39 is 31.9 Å². The highest BCUT2D eigenvalue weighted by Crippen LogP contribution is 2.37. The van der Waals surface area contributed by atoms with Crippen LogP contribution >= 0.6 is 0 Å². The lowest BCUT2D eigenvalue weighted by atomic mass is 9.86. The number of hydrogen-bond acceptors (Lipinski definition) is 5. The van der Waals surface area contributed by atoms with Crippen LogP contribution in [0.2, 0.25) is 0 Å². The van der Waals surface area contributed by atoms with Crippen LogP contribution in [0.5, 0.6) is 0 Å². The monoisotopic (exact) mass is 306 g/mol. The van der Waals surface area contributed by atoms with Crippen molar-refractivity contribution >= 4 is 15.8 Å². The minimum absolute atomic E-state index is 0.102. The van der Waals surface area contributed by atoms with Gasteiger partial charge in [-0.25, -0.2) is 8.42 Å². The van der Waals surface area contributed by atoms with E-state index in [1.54, 1.807) is 6.92 Å². The molecule has 2 atom stereocenters. The standard InChI is InChI=1S/C13H22O6S/c1-2-11(12(14)15)20(16,17)10-3-6-19-13(9-10)4-7-18-8-5-13/h10-11H,2-9H2,1H3,(H,14,15). The summed E-state index contributed by atoms with van der Waals surface area (Å²) in [5, 5.41) is 7.19. The van der Waals surface area contributed by atoms with Crippen LogP contribution in [-0.4, -0.2) is 55.4 Å². The van der Waals surface area contributed by atoms with E-state index in [0.29, 0.717) is 45.5 Å². The Morgan fingerprint density at radius 1 is 1.35 bits per heavy atom. The van der Waals surface area contributed by atoms with Crippen LogP contribution in [0.4, 0.5) is 0 Å². The molecular formula is C13H22O6S. The Bertz CT molecular complexity index is 446. The fraction of sp³-hybridized carbons (Fsp3) is 0.923. The first kappa shape index (κ1) is 15.7. The van der Waals surface area contributed by atoms with Crippen LogP contribution in [0.15, 0.2) is 0 Å². The van der Waals surface area contributed by atoms with Gasteiger partial charge in [-0.05, 0) is 32.1 Å². The Balaban J connectivity index is 2.17. The minimum atomic E-state index is -3.67. The maximum atomic E-state index is 12.5. The van der Waals surface area contributed by atoms with E-state index in [2.05, 4.69) is 0 Å². The summed E-state index contributed by atoms with van der Waals surface area (Å²) in [5.41, 5.74) is -0.439. The minimum Gasteiger partial charge on any atom is -0.480 e. The van der Waals surface area contributed by atoms with Gasteiger partial charge in [0.25, 0.3) is 0 Å². The van der Waals surface area contributed by atoms with E-state index in [9.17, 15) is 13.2 Å². The molecule has 0 aromatic carbocycles. The second kappa shape index (κ2) is 5.99. The van der Waals surface area contributed by atoms with E-state index in [-0.39, 0.29) is 6.42 Å². The number of hydrogen-bond donors (Lipinski definition) is 1. The van der Waals surface area contributed by atoms with Crippen LogP contribution in [0, 0.1) is 0 Å². The number of aliphatic carboxylic acids is 1. The van der Waals surface area contributed by atoms with Gasteiger partial charge in [0.05, 0.1) is 10.9 Å².